The topological polar surface area (TPSA) is 60.7 Å². The zero-order valence-corrected chi connectivity index (χ0v) is 14.6. The molecule has 0 saturated heterocycles. The van der Waals surface area contributed by atoms with Crippen LogP contribution in [0, 0.1) is 0 Å². The number of carbonyl (C=O) groups is 1. The van der Waals surface area contributed by atoms with Crippen LogP contribution in [0.3, 0.4) is 0 Å². The molecule has 122 valence electrons. The van der Waals surface area contributed by atoms with Crippen molar-refractivity contribution in [2.24, 2.45) is 0 Å². The molecule has 2 aromatic rings. The Morgan fingerprint density at radius 3 is 2.87 bits per heavy atom. The summed E-state index contributed by atoms with van der Waals surface area (Å²) in [5.74, 6) is 0.0377. The number of aromatic nitrogens is 4. The molecule has 0 bridgehead atoms. The van der Waals surface area contributed by atoms with Gasteiger partial charge in [0.25, 0.3) is 0 Å². The third-order valence-corrected chi connectivity index (χ3v) is 5.43. The van der Waals surface area contributed by atoms with Gasteiger partial charge in [0.05, 0.1) is 11.3 Å². The first-order valence-corrected chi connectivity index (χ1v) is 9.15. The number of benzene rings is 1. The summed E-state index contributed by atoms with van der Waals surface area (Å²) in [4.78, 5) is 12.6. The molecule has 1 atom stereocenters. The molecule has 1 fully saturated rings. The van der Waals surface area contributed by atoms with E-state index in [2.05, 4.69) is 15.5 Å². The van der Waals surface area contributed by atoms with Gasteiger partial charge in [-0.3, -0.25) is 4.79 Å². The molecule has 1 heterocycles. The highest BCUT2D eigenvalue weighted by Crippen LogP contribution is 2.32. The first-order chi connectivity index (χ1) is 11.1. The van der Waals surface area contributed by atoms with Crippen LogP contribution in [-0.2, 0) is 0 Å². The summed E-state index contributed by atoms with van der Waals surface area (Å²) >= 11 is 7.38. The summed E-state index contributed by atoms with van der Waals surface area (Å²) in [6.45, 7) is 1.88. The van der Waals surface area contributed by atoms with Crippen molar-refractivity contribution in [2.45, 2.75) is 55.5 Å². The Morgan fingerprint density at radius 1 is 1.35 bits per heavy atom. The van der Waals surface area contributed by atoms with Gasteiger partial charge in [-0.1, -0.05) is 54.8 Å². The van der Waals surface area contributed by atoms with Gasteiger partial charge in [0.15, 0.2) is 5.78 Å². The fourth-order valence-electron chi connectivity index (χ4n) is 2.91. The van der Waals surface area contributed by atoms with E-state index in [0.29, 0.717) is 16.6 Å². The second-order valence-corrected chi connectivity index (χ2v) is 7.58. The predicted octanol–water partition coefficient (Wildman–Crippen LogP) is 4.20. The van der Waals surface area contributed by atoms with Crippen LogP contribution in [0.5, 0.6) is 0 Å². The zero-order chi connectivity index (χ0) is 16.2. The van der Waals surface area contributed by atoms with Crippen LogP contribution in [0.2, 0.25) is 5.02 Å². The lowest BCUT2D eigenvalue weighted by Gasteiger charge is -2.22. The Balaban J connectivity index is 1.72. The van der Waals surface area contributed by atoms with Gasteiger partial charge in [-0.15, -0.1) is 5.10 Å². The molecule has 0 amide bonds. The molecule has 1 aromatic heterocycles. The van der Waals surface area contributed by atoms with Crippen molar-refractivity contribution in [2.75, 3.05) is 0 Å². The van der Waals surface area contributed by atoms with E-state index >= 15 is 0 Å². The largest absolute Gasteiger partial charge is 0.293 e. The molecular formula is C16H19ClN4OS. The van der Waals surface area contributed by atoms with E-state index in [0.717, 1.165) is 18.0 Å². The number of halogens is 1. The SMILES string of the molecule is C[C@H](Sc1nnnn1C1CCCCC1)C(=O)c1cccc(Cl)c1. The molecule has 5 nitrogen and oxygen atoms in total. The van der Waals surface area contributed by atoms with E-state index in [1.807, 2.05) is 11.6 Å². The lowest BCUT2D eigenvalue weighted by atomic mass is 9.96. The van der Waals surface area contributed by atoms with Crippen LogP contribution in [0.25, 0.3) is 0 Å². The minimum absolute atomic E-state index is 0.0377. The van der Waals surface area contributed by atoms with Gasteiger partial charge in [0.1, 0.15) is 0 Å². The van der Waals surface area contributed by atoms with Gasteiger partial charge in [-0.05, 0) is 42.3 Å². The third kappa shape index (κ3) is 3.93. The number of hydrogen-bond acceptors (Lipinski definition) is 5. The van der Waals surface area contributed by atoms with Crippen molar-refractivity contribution in [1.29, 1.82) is 0 Å². The Bertz CT molecular complexity index is 684. The molecule has 1 saturated carbocycles. The summed E-state index contributed by atoms with van der Waals surface area (Å²) in [5.41, 5.74) is 0.620. The second kappa shape index (κ2) is 7.45. The Morgan fingerprint density at radius 2 is 2.13 bits per heavy atom. The van der Waals surface area contributed by atoms with E-state index in [9.17, 15) is 4.79 Å². The fraction of sp³-hybridized carbons (Fsp3) is 0.500. The summed E-state index contributed by atoms with van der Waals surface area (Å²) in [6.07, 6.45) is 5.92. The molecule has 0 N–H and O–H groups in total. The first-order valence-electron chi connectivity index (χ1n) is 7.89. The molecule has 0 spiro atoms. The highest BCUT2D eigenvalue weighted by molar-refractivity contribution is 8.00. The predicted molar refractivity (Wildman–Crippen MR) is 91.0 cm³/mol. The maximum Gasteiger partial charge on any atom is 0.210 e. The van der Waals surface area contributed by atoms with Crippen molar-refractivity contribution in [3.63, 3.8) is 0 Å². The lowest BCUT2D eigenvalue weighted by molar-refractivity contribution is 0.0993. The van der Waals surface area contributed by atoms with Crippen molar-refractivity contribution in [3.05, 3.63) is 34.9 Å². The standard InChI is InChI=1S/C16H19ClN4OS/c1-11(15(22)12-6-5-7-13(17)10-12)23-16-18-19-20-21(16)14-8-3-2-4-9-14/h5-7,10-11,14H,2-4,8-9H2,1H3/t11-/m0/s1. The van der Waals surface area contributed by atoms with Crippen LogP contribution in [0.1, 0.15) is 55.4 Å². The molecule has 0 radical (unpaired) electrons. The number of Topliss-reactive ketones (excluding diaryl/α,β-unsaturated/α-hetero) is 1. The minimum atomic E-state index is -0.262. The highest BCUT2D eigenvalue weighted by Gasteiger charge is 2.24. The maximum absolute atomic E-state index is 12.6. The summed E-state index contributed by atoms with van der Waals surface area (Å²) < 4.78 is 1.89. The van der Waals surface area contributed by atoms with E-state index in [4.69, 9.17) is 11.6 Å². The van der Waals surface area contributed by atoms with Gasteiger partial charge in [0.2, 0.25) is 5.16 Å². The second-order valence-electron chi connectivity index (χ2n) is 5.83. The van der Waals surface area contributed by atoms with E-state index < -0.39 is 0 Å². The Kier molecular flexibility index (Phi) is 5.33. The van der Waals surface area contributed by atoms with E-state index in [1.54, 1.807) is 24.3 Å². The van der Waals surface area contributed by atoms with Crippen LogP contribution >= 0.6 is 23.4 Å². The number of nitrogens with zero attached hydrogens (tertiary/aromatic N) is 4. The monoisotopic (exact) mass is 350 g/mol. The highest BCUT2D eigenvalue weighted by atomic mass is 35.5. The van der Waals surface area contributed by atoms with E-state index in [1.165, 1.54) is 31.0 Å². The number of thioether (sulfide) groups is 1. The molecule has 7 heteroatoms. The Hall–Kier alpha value is -1.40. The molecular weight excluding hydrogens is 332 g/mol. The molecule has 0 unspecified atom stereocenters. The van der Waals surface area contributed by atoms with E-state index in [-0.39, 0.29) is 11.0 Å². The molecule has 1 aliphatic carbocycles. The molecule has 1 aliphatic rings. The number of hydrogen-bond donors (Lipinski definition) is 0. The quantitative estimate of drug-likeness (QED) is 0.597. The van der Waals surface area contributed by atoms with Crippen molar-refractivity contribution < 1.29 is 4.79 Å². The number of ketones is 1. The van der Waals surface area contributed by atoms with Crippen LogP contribution < -0.4 is 0 Å². The minimum Gasteiger partial charge on any atom is -0.293 e. The molecule has 3 rings (SSSR count). The van der Waals surface area contributed by atoms with Gasteiger partial charge < -0.3 is 0 Å². The average molecular weight is 351 g/mol. The van der Waals surface area contributed by atoms with Gasteiger partial charge in [-0.25, -0.2) is 4.68 Å². The number of rotatable bonds is 5. The van der Waals surface area contributed by atoms with Crippen molar-refractivity contribution in [3.8, 4) is 0 Å². The summed E-state index contributed by atoms with van der Waals surface area (Å²) in [7, 11) is 0. The van der Waals surface area contributed by atoms with Gasteiger partial charge >= 0.3 is 0 Å². The van der Waals surface area contributed by atoms with Crippen LogP contribution in [0.4, 0.5) is 0 Å². The Labute approximate surface area is 144 Å². The normalized spacial score (nSPS) is 17.1. The van der Waals surface area contributed by atoms with Crippen LogP contribution in [-0.4, -0.2) is 31.2 Å². The van der Waals surface area contributed by atoms with Gasteiger partial charge in [0, 0.05) is 10.6 Å². The summed E-state index contributed by atoms with van der Waals surface area (Å²) in [5, 5.41) is 13.1. The summed E-state index contributed by atoms with van der Waals surface area (Å²) in [6, 6.07) is 7.40. The van der Waals surface area contributed by atoms with Crippen molar-refractivity contribution >= 4 is 29.1 Å². The smallest absolute Gasteiger partial charge is 0.210 e. The molecule has 1 aromatic carbocycles. The lowest BCUT2D eigenvalue weighted by Crippen LogP contribution is -2.18. The zero-order valence-electron chi connectivity index (χ0n) is 13.0. The number of carbonyl (C=O) groups excluding carboxylic acids is 1. The van der Waals surface area contributed by atoms with Crippen LogP contribution in [0.15, 0.2) is 29.4 Å². The fourth-order valence-corrected chi connectivity index (χ4v) is 4.03. The molecule has 23 heavy (non-hydrogen) atoms. The average Bonchev–Trinajstić information content (AvgIpc) is 3.03. The van der Waals surface area contributed by atoms with Crippen molar-refractivity contribution in [1.82, 2.24) is 20.2 Å². The van der Waals surface area contributed by atoms with Gasteiger partial charge in [-0.2, -0.15) is 0 Å². The molecule has 0 aliphatic heterocycles. The number of tetrazole rings is 1. The first kappa shape index (κ1) is 16.5. The maximum atomic E-state index is 12.6. The third-order valence-electron chi connectivity index (χ3n) is 4.14.